The van der Waals surface area contributed by atoms with Crippen LogP contribution in [0.4, 0.5) is 5.82 Å². The number of ether oxygens (including phenoxy) is 2. The summed E-state index contributed by atoms with van der Waals surface area (Å²) in [4.78, 5) is 15.6. The highest BCUT2D eigenvalue weighted by molar-refractivity contribution is 5.35. The Kier molecular flexibility index (Phi) is 4.53. The Hall–Kier alpha value is -1.70. The van der Waals surface area contributed by atoms with E-state index in [1.807, 2.05) is 0 Å². The molecule has 7 nitrogen and oxygen atoms in total. The number of hydrogen-bond donors (Lipinski definition) is 2. The molecule has 1 aromatic rings. The second kappa shape index (κ2) is 6.17. The lowest BCUT2D eigenvalue weighted by Crippen LogP contribution is -2.29. The van der Waals surface area contributed by atoms with Crippen LogP contribution >= 0.6 is 0 Å². The number of rotatable bonds is 5. The lowest BCUT2D eigenvalue weighted by atomic mass is 10.2. The van der Waals surface area contributed by atoms with Crippen molar-refractivity contribution in [2.75, 3.05) is 18.9 Å². The maximum absolute atomic E-state index is 11.9. The van der Waals surface area contributed by atoms with E-state index >= 15 is 0 Å². The molecule has 0 aromatic carbocycles. The number of aliphatic hydroxyl groups is 1. The van der Waals surface area contributed by atoms with Crippen molar-refractivity contribution in [2.24, 2.45) is 0 Å². The van der Waals surface area contributed by atoms with Gasteiger partial charge < -0.3 is 20.3 Å². The van der Waals surface area contributed by atoms with Crippen LogP contribution < -0.4 is 11.4 Å². The van der Waals surface area contributed by atoms with E-state index in [4.69, 9.17) is 15.2 Å². The maximum atomic E-state index is 11.9. The summed E-state index contributed by atoms with van der Waals surface area (Å²) in [6.45, 7) is 5.54. The quantitative estimate of drug-likeness (QED) is 0.736. The smallest absolute Gasteiger partial charge is 0.351 e. The molecule has 0 radical (unpaired) electrons. The van der Waals surface area contributed by atoms with Gasteiger partial charge in [-0.1, -0.05) is 6.08 Å². The molecule has 1 aliphatic rings. The standard InChI is InChI=1S/C13H19N3O4/c1-3-4-19-9-5-11(20-10(9)7-17)16-6-8(2)12(14)15-13(16)18/h3,6,9-11,17H,1,4-5,7H2,2H3,(H2,14,15,18). The minimum atomic E-state index is -0.513. The first kappa shape index (κ1) is 14.7. The predicted molar refractivity (Wildman–Crippen MR) is 73.2 cm³/mol. The molecular formula is C13H19N3O4. The fraction of sp³-hybridized carbons (Fsp3) is 0.538. The summed E-state index contributed by atoms with van der Waals surface area (Å²) in [7, 11) is 0. The molecule has 0 aliphatic carbocycles. The lowest BCUT2D eigenvalue weighted by molar-refractivity contribution is -0.0581. The Morgan fingerprint density at radius 1 is 1.75 bits per heavy atom. The average Bonchev–Trinajstić information content (AvgIpc) is 2.83. The highest BCUT2D eigenvalue weighted by Gasteiger charge is 2.37. The summed E-state index contributed by atoms with van der Waals surface area (Å²) < 4.78 is 12.6. The van der Waals surface area contributed by atoms with Crippen LogP contribution in [0.2, 0.25) is 0 Å². The van der Waals surface area contributed by atoms with E-state index in [1.54, 1.807) is 19.2 Å². The zero-order valence-corrected chi connectivity index (χ0v) is 11.4. The number of nitrogen functional groups attached to an aromatic ring is 1. The number of anilines is 1. The van der Waals surface area contributed by atoms with Crippen molar-refractivity contribution >= 4 is 5.82 Å². The molecule has 0 amide bonds. The fourth-order valence-electron chi connectivity index (χ4n) is 2.19. The van der Waals surface area contributed by atoms with E-state index in [2.05, 4.69) is 11.6 Å². The van der Waals surface area contributed by atoms with Crippen LogP contribution in [0.5, 0.6) is 0 Å². The van der Waals surface area contributed by atoms with E-state index in [0.717, 1.165) is 0 Å². The Balaban J connectivity index is 2.20. The number of aliphatic hydroxyl groups excluding tert-OH is 1. The van der Waals surface area contributed by atoms with Gasteiger partial charge in [-0.2, -0.15) is 4.98 Å². The molecule has 7 heteroatoms. The molecule has 1 aromatic heterocycles. The van der Waals surface area contributed by atoms with Crippen LogP contribution in [0.1, 0.15) is 18.2 Å². The second-order valence-corrected chi connectivity index (χ2v) is 4.71. The molecule has 3 atom stereocenters. The molecular weight excluding hydrogens is 262 g/mol. The van der Waals surface area contributed by atoms with Crippen LogP contribution in [0.25, 0.3) is 0 Å². The molecule has 2 rings (SSSR count). The summed E-state index contributed by atoms with van der Waals surface area (Å²) in [6, 6.07) is 0. The summed E-state index contributed by atoms with van der Waals surface area (Å²) in [5, 5.41) is 9.31. The number of hydrogen-bond acceptors (Lipinski definition) is 6. The predicted octanol–water partition coefficient (Wildman–Crippen LogP) is -0.0151. The number of aryl methyl sites for hydroxylation is 1. The first-order chi connectivity index (χ1) is 9.56. The van der Waals surface area contributed by atoms with Gasteiger partial charge in [0.15, 0.2) is 0 Å². The molecule has 1 fully saturated rings. The van der Waals surface area contributed by atoms with Gasteiger partial charge in [0, 0.05) is 18.2 Å². The van der Waals surface area contributed by atoms with Gasteiger partial charge >= 0.3 is 5.69 Å². The zero-order valence-electron chi connectivity index (χ0n) is 11.4. The molecule has 1 aliphatic heterocycles. The van der Waals surface area contributed by atoms with Crippen molar-refractivity contribution in [1.82, 2.24) is 9.55 Å². The van der Waals surface area contributed by atoms with Gasteiger partial charge in [-0.3, -0.25) is 4.57 Å². The molecule has 110 valence electrons. The summed E-state index contributed by atoms with van der Waals surface area (Å²) in [5.41, 5.74) is 5.82. The first-order valence-corrected chi connectivity index (χ1v) is 6.41. The van der Waals surface area contributed by atoms with Gasteiger partial charge in [0.25, 0.3) is 0 Å². The van der Waals surface area contributed by atoms with E-state index in [9.17, 15) is 9.90 Å². The molecule has 1 saturated heterocycles. The Morgan fingerprint density at radius 2 is 2.50 bits per heavy atom. The van der Waals surface area contributed by atoms with Gasteiger partial charge in [0.05, 0.1) is 19.3 Å². The second-order valence-electron chi connectivity index (χ2n) is 4.71. The van der Waals surface area contributed by atoms with Crippen molar-refractivity contribution in [3.05, 3.63) is 34.9 Å². The summed E-state index contributed by atoms with van der Waals surface area (Å²) >= 11 is 0. The number of nitrogens with zero attached hydrogens (tertiary/aromatic N) is 2. The topological polar surface area (TPSA) is 99.6 Å². The highest BCUT2D eigenvalue weighted by Crippen LogP contribution is 2.30. The Labute approximate surface area is 116 Å². The third kappa shape index (κ3) is 2.90. The molecule has 0 saturated carbocycles. The van der Waals surface area contributed by atoms with E-state index < -0.39 is 18.0 Å². The van der Waals surface area contributed by atoms with Gasteiger partial charge in [-0.15, -0.1) is 6.58 Å². The van der Waals surface area contributed by atoms with Crippen LogP contribution in [0.3, 0.4) is 0 Å². The fourth-order valence-corrected chi connectivity index (χ4v) is 2.19. The highest BCUT2D eigenvalue weighted by atomic mass is 16.6. The minimum absolute atomic E-state index is 0.172. The van der Waals surface area contributed by atoms with Crippen LogP contribution in [-0.2, 0) is 9.47 Å². The Bertz CT molecular complexity index is 543. The van der Waals surface area contributed by atoms with Crippen molar-refractivity contribution in [3.63, 3.8) is 0 Å². The van der Waals surface area contributed by atoms with E-state index in [-0.39, 0.29) is 18.5 Å². The normalized spacial score (nSPS) is 25.8. The Morgan fingerprint density at radius 3 is 3.15 bits per heavy atom. The molecule has 2 heterocycles. The largest absolute Gasteiger partial charge is 0.394 e. The monoisotopic (exact) mass is 281 g/mol. The van der Waals surface area contributed by atoms with Crippen molar-refractivity contribution in [3.8, 4) is 0 Å². The molecule has 20 heavy (non-hydrogen) atoms. The average molecular weight is 281 g/mol. The van der Waals surface area contributed by atoms with Crippen molar-refractivity contribution in [1.29, 1.82) is 0 Å². The molecule has 3 unspecified atom stereocenters. The third-order valence-corrected chi connectivity index (χ3v) is 3.27. The molecule has 3 N–H and O–H groups in total. The maximum Gasteiger partial charge on any atom is 0.351 e. The van der Waals surface area contributed by atoms with Crippen LogP contribution in [-0.4, -0.2) is 40.1 Å². The molecule has 0 spiro atoms. The van der Waals surface area contributed by atoms with Gasteiger partial charge in [0.1, 0.15) is 18.1 Å². The SMILES string of the molecule is C=CCOC1CC(n2cc(C)c(N)nc2=O)OC1CO. The van der Waals surface area contributed by atoms with Gasteiger partial charge in [0.2, 0.25) is 0 Å². The van der Waals surface area contributed by atoms with Crippen molar-refractivity contribution < 1.29 is 14.6 Å². The van der Waals surface area contributed by atoms with Gasteiger partial charge in [-0.05, 0) is 6.92 Å². The lowest BCUT2D eigenvalue weighted by Gasteiger charge is -2.15. The number of nitrogens with two attached hydrogens (primary N) is 1. The number of aromatic nitrogens is 2. The van der Waals surface area contributed by atoms with E-state index in [0.29, 0.717) is 18.6 Å². The van der Waals surface area contributed by atoms with Crippen molar-refractivity contribution in [2.45, 2.75) is 31.8 Å². The summed E-state index contributed by atoms with van der Waals surface area (Å²) in [6.07, 6.45) is 2.44. The minimum Gasteiger partial charge on any atom is -0.394 e. The summed E-state index contributed by atoms with van der Waals surface area (Å²) in [5.74, 6) is 0.211. The van der Waals surface area contributed by atoms with Crippen LogP contribution in [0, 0.1) is 6.92 Å². The van der Waals surface area contributed by atoms with Crippen LogP contribution in [0.15, 0.2) is 23.6 Å². The first-order valence-electron chi connectivity index (χ1n) is 6.41. The van der Waals surface area contributed by atoms with E-state index in [1.165, 1.54) is 4.57 Å². The third-order valence-electron chi connectivity index (χ3n) is 3.27. The zero-order chi connectivity index (χ0) is 14.7. The molecule has 0 bridgehead atoms. The van der Waals surface area contributed by atoms with Gasteiger partial charge in [-0.25, -0.2) is 4.79 Å².